The number of ether oxygens (including phenoxy) is 1. The minimum atomic E-state index is -3.27. The van der Waals surface area contributed by atoms with Crippen molar-refractivity contribution in [1.29, 1.82) is 0 Å². The summed E-state index contributed by atoms with van der Waals surface area (Å²) in [5.41, 5.74) is -1.03. The average molecular weight is 313 g/mol. The van der Waals surface area contributed by atoms with Crippen LogP contribution in [0, 0.1) is 0 Å². The number of piperidine rings is 1. The molecule has 118 valence electrons. The van der Waals surface area contributed by atoms with E-state index in [9.17, 15) is 13.5 Å². The summed E-state index contributed by atoms with van der Waals surface area (Å²) in [6, 6.07) is 9.17. The van der Waals surface area contributed by atoms with Crippen LogP contribution in [0.2, 0.25) is 0 Å². The first kappa shape index (κ1) is 16.3. The van der Waals surface area contributed by atoms with Gasteiger partial charge in [-0.15, -0.1) is 0 Å². The van der Waals surface area contributed by atoms with Gasteiger partial charge in [-0.25, -0.2) is 8.42 Å². The summed E-state index contributed by atoms with van der Waals surface area (Å²) >= 11 is 0. The highest BCUT2D eigenvalue weighted by Crippen LogP contribution is 2.28. The molecule has 0 unspecified atom stereocenters. The minimum absolute atomic E-state index is 0.132. The number of hydrogen-bond acceptors (Lipinski definition) is 4. The van der Waals surface area contributed by atoms with E-state index in [1.165, 1.54) is 4.31 Å². The van der Waals surface area contributed by atoms with Gasteiger partial charge in [0.2, 0.25) is 10.0 Å². The molecule has 1 aliphatic rings. The largest absolute Gasteiger partial charge is 0.486 e. The van der Waals surface area contributed by atoms with Crippen molar-refractivity contribution in [1.82, 2.24) is 4.31 Å². The van der Waals surface area contributed by atoms with Crippen LogP contribution in [-0.4, -0.2) is 48.4 Å². The van der Waals surface area contributed by atoms with Gasteiger partial charge in [-0.1, -0.05) is 25.1 Å². The second-order valence-electron chi connectivity index (χ2n) is 5.70. The molecule has 0 spiro atoms. The quantitative estimate of drug-likeness (QED) is 0.897. The molecule has 1 aromatic carbocycles. The van der Waals surface area contributed by atoms with E-state index < -0.39 is 21.7 Å². The Hall–Kier alpha value is -1.11. The van der Waals surface area contributed by atoms with Gasteiger partial charge in [-0.05, 0) is 31.9 Å². The van der Waals surface area contributed by atoms with E-state index in [1.54, 1.807) is 19.1 Å². The van der Waals surface area contributed by atoms with Crippen LogP contribution in [0.25, 0.3) is 0 Å². The van der Waals surface area contributed by atoms with Crippen molar-refractivity contribution in [3.05, 3.63) is 30.3 Å². The average Bonchev–Trinajstić information content (AvgIpc) is 2.42. The summed E-state index contributed by atoms with van der Waals surface area (Å²) in [6.45, 7) is 4.06. The van der Waals surface area contributed by atoms with E-state index in [1.807, 2.05) is 25.1 Å². The van der Waals surface area contributed by atoms with Crippen molar-refractivity contribution in [2.24, 2.45) is 0 Å². The van der Waals surface area contributed by atoms with E-state index in [2.05, 4.69) is 0 Å². The highest BCUT2D eigenvalue weighted by atomic mass is 32.2. The first-order valence-corrected chi connectivity index (χ1v) is 8.88. The Bertz CT molecular complexity index is 556. The summed E-state index contributed by atoms with van der Waals surface area (Å²) in [5, 5.41) is 10.5. The predicted molar refractivity (Wildman–Crippen MR) is 81.7 cm³/mol. The summed E-state index contributed by atoms with van der Waals surface area (Å²) in [7, 11) is -3.27. The Balaban J connectivity index is 2.14. The van der Waals surface area contributed by atoms with Crippen LogP contribution in [0.15, 0.2) is 30.3 Å². The van der Waals surface area contributed by atoms with E-state index in [0.29, 0.717) is 25.1 Å². The molecule has 1 saturated heterocycles. The highest BCUT2D eigenvalue weighted by Gasteiger charge is 2.42. The number of nitrogens with zero attached hydrogens (tertiary/aromatic N) is 1. The molecule has 0 radical (unpaired) electrons. The predicted octanol–water partition coefficient (Wildman–Crippen LogP) is 1.63. The number of hydrogen-bond donors (Lipinski definition) is 1. The molecular formula is C15H23NO4S. The van der Waals surface area contributed by atoms with Gasteiger partial charge in [0.15, 0.2) is 0 Å². The first-order chi connectivity index (χ1) is 9.85. The summed E-state index contributed by atoms with van der Waals surface area (Å²) in [6.07, 6.45) is 0.382. The smallest absolute Gasteiger partial charge is 0.214 e. The summed E-state index contributed by atoms with van der Waals surface area (Å²) in [5.74, 6) is 0.769. The second-order valence-corrected chi connectivity index (χ2v) is 7.79. The van der Waals surface area contributed by atoms with E-state index in [4.69, 9.17) is 4.74 Å². The Morgan fingerprint density at radius 2 is 2.05 bits per heavy atom. The van der Waals surface area contributed by atoms with Gasteiger partial charge in [0, 0.05) is 6.54 Å². The molecular weight excluding hydrogens is 290 g/mol. The van der Waals surface area contributed by atoms with E-state index in [-0.39, 0.29) is 12.3 Å². The molecule has 0 aliphatic carbocycles. The number of rotatable bonds is 5. The molecule has 0 bridgehead atoms. The van der Waals surface area contributed by atoms with Crippen molar-refractivity contribution in [3.63, 3.8) is 0 Å². The molecule has 1 fully saturated rings. The maximum Gasteiger partial charge on any atom is 0.214 e. The van der Waals surface area contributed by atoms with Gasteiger partial charge in [-0.3, -0.25) is 0 Å². The van der Waals surface area contributed by atoms with Crippen molar-refractivity contribution in [2.45, 2.75) is 38.4 Å². The maximum absolute atomic E-state index is 12.2. The fraction of sp³-hybridized carbons (Fsp3) is 0.600. The first-order valence-electron chi connectivity index (χ1n) is 7.27. The lowest BCUT2D eigenvalue weighted by molar-refractivity contribution is -0.0809. The van der Waals surface area contributed by atoms with Gasteiger partial charge < -0.3 is 9.84 Å². The zero-order chi connectivity index (χ0) is 15.5. The van der Waals surface area contributed by atoms with Crippen molar-refractivity contribution in [2.75, 3.05) is 18.8 Å². The molecule has 2 atom stereocenters. The zero-order valence-electron chi connectivity index (χ0n) is 12.5. The van der Waals surface area contributed by atoms with Crippen LogP contribution in [0.5, 0.6) is 5.75 Å². The molecule has 1 heterocycles. The van der Waals surface area contributed by atoms with Gasteiger partial charge in [-0.2, -0.15) is 4.31 Å². The van der Waals surface area contributed by atoms with Crippen molar-refractivity contribution in [3.8, 4) is 5.75 Å². The monoisotopic (exact) mass is 313 g/mol. The third-order valence-corrected chi connectivity index (χ3v) is 5.85. The Labute approximate surface area is 126 Å². The fourth-order valence-corrected chi connectivity index (χ4v) is 3.96. The summed E-state index contributed by atoms with van der Waals surface area (Å²) in [4.78, 5) is 0. The van der Waals surface area contributed by atoms with Crippen LogP contribution in [-0.2, 0) is 10.0 Å². The minimum Gasteiger partial charge on any atom is -0.486 e. The topological polar surface area (TPSA) is 66.8 Å². The molecule has 0 aromatic heterocycles. The van der Waals surface area contributed by atoms with Gasteiger partial charge in [0.1, 0.15) is 17.5 Å². The molecule has 5 nitrogen and oxygen atoms in total. The zero-order valence-corrected chi connectivity index (χ0v) is 13.3. The number of benzene rings is 1. The lowest BCUT2D eigenvalue weighted by Gasteiger charge is -2.41. The molecule has 6 heteroatoms. The van der Waals surface area contributed by atoms with Crippen LogP contribution in [0.1, 0.15) is 26.7 Å². The van der Waals surface area contributed by atoms with Crippen LogP contribution in [0.4, 0.5) is 0 Å². The Morgan fingerprint density at radius 1 is 1.38 bits per heavy atom. The highest BCUT2D eigenvalue weighted by molar-refractivity contribution is 7.89. The third-order valence-electron chi connectivity index (χ3n) is 3.81. The number of sulfonamides is 1. The van der Waals surface area contributed by atoms with Gasteiger partial charge in [0.05, 0.1) is 12.3 Å². The molecule has 1 aromatic rings. The van der Waals surface area contributed by atoms with Crippen molar-refractivity contribution < 1.29 is 18.3 Å². The Morgan fingerprint density at radius 3 is 2.67 bits per heavy atom. The molecule has 2 rings (SSSR count). The number of para-hydroxylation sites is 1. The van der Waals surface area contributed by atoms with Gasteiger partial charge >= 0.3 is 0 Å². The van der Waals surface area contributed by atoms with Crippen LogP contribution >= 0.6 is 0 Å². The lowest BCUT2D eigenvalue weighted by Crippen LogP contribution is -2.57. The van der Waals surface area contributed by atoms with Crippen LogP contribution < -0.4 is 4.74 Å². The van der Waals surface area contributed by atoms with Gasteiger partial charge in [0.25, 0.3) is 0 Å². The number of aliphatic hydroxyl groups is 1. The lowest BCUT2D eigenvalue weighted by atomic mass is 9.91. The van der Waals surface area contributed by atoms with E-state index >= 15 is 0 Å². The second kappa shape index (κ2) is 6.34. The summed E-state index contributed by atoms with van der Waals surface area (Å²) < 4.78 is 31.6. The molecule has 1 N–H and O–H groups in total. The third kappa shape index (κ3) is 3.96. The van der Waals surface area contributed by atoms with Crippen molar-refractivity contribution >= 4 is 10.0 Å². The molecule has 0 amide bonds. The van der Waals surface area contributed by atoms with Crippen LogP contribution in [0.3, 0.4) is 0 Å². The Kier molecular flexibility index (Phi) is 4.91. The maximum atomic E-state index is 12.2. The van der Waals surface area contributed by atoms with E-state index in [0.717, 1.165) is 0 Å². The fourth-order valence-electron chi connectivity index (χ4n) is 2.45. The SMILES string of the molecule is CCCS(=O)(=O)N1CC[C@@](C)(O)[C@H](Oc2ccccc2)C1. The molecule has 21 heavy (non-hydrogen) atoms. The normalized spacial score (nSPS) is 27.5. The molecule has 1 aliphatic heterocycles. The molecule has 0 saturated carbocycles. The standard InChI is InChI=1S/C15H23NO4S/c1-3-11-21(18,19)16-10-9-15(2,17)14(12-16)20-13-7-5-4-6-8-13/h4-8,14,17H,3,9-12H2,1-2H3/t14-,15-/m1/s1.